The van der Waals surface area contributed by atoms with Crippen molar-refractivity contribution in [1.82, 2.24) is 10.8 Å². The van der Waals surface area contributed by atoms with E-state index in [9.17, 15) is 9.59 Å². The second kappa shape index (κ2) is 7.76. The highest BCUT2D eigenvalue weighted by molar-refractivity contribution is 6.30. The average Bonchev–Trinajstić information content (AvgIpc) is 2.36. The molecule has 0 aliphatic heterocycles. The zero-order valence-electron chi connectivity index (χ0n) is 10.9. The Morgan fingerprint density at radius 1 is 1.26 bits per heavy atom. The Kier molecular flexibility index (Phi) is 6.32. The van der Waals surface area contributed by atoms with Crippen molar-refractivity contribution in [2.75, 3.05) is 13.2 Å². The van der Waals surface area contributed by atoms with Crippen LogP contribution >= 0.6 is 11.6 Å². The molecule has 2 amide bonds. The molecule has 104 valence electrons. The highest BCUT2D eigenvalue weighted by Gasteiger charge is 2.08. The van der Waals surface area contributed by atoms with Crippen LogP contribution in [0.3, 0.4) is 0 Å². The number of hydrogen-bond acceptors (Lipinski definition) is 3. The van der Waals surface area contributed by atoms with Gasteiger partial charge in [0.1, 0.15) is 0 Å². The van der Waals surface area contributed by atoms with Crippen LogP contribution in [0.4, 0.5) is 0 Å². The molecular formula is C13H17ClN2O3. The Labute approximate surface area is 117 Å². The third kappa shape index (κ3) is 6.22. The van der Waals surface area contributed by atoms with Crippen molar-refractivity contribution in [3.63, 3.8) is 0 Å². The maximum absolute atomic E-state index is 11.7. The zero-order chi connectivity index (χ0) is 14.3. The summed E-state index contributed by atoms with van der Waals surface area (Å²) >= 11 is 5.71. The molecule has 1 aromatic carbocycles. The molecule has 19 heavy (non-hydrogen) atoms. The van der Waals surface area contributed by atoms with E-state index in [-0.39, 0.29) is 12.5 Å². The first kappa shape index (κ1) is 15.5. The van der Waals surface area contributed by atoms with E-state index in [1.807, 2.05) is 13.8 Å². The van der Waals surface area contributed by atoms with Gasteiger partial charge in [0.15, 0.2) is 0 Å². The van der Waals surface area contributed by atoms with Gasteiger partial charge in [-0.15, -0.1) is 0 Å². The van der Waals surface area contributed by atoms with Gasteiger partial charge >= 0.3 is 0 Å². The maximum atomic E-state index is 11.7. The summed E-state index contributed by atoms with van der Waals surface area (Å²) in [5.41, 5.74) is 2.70. The van der Waals surface area contributed by atoms with Crippen LogP contribution in [-0.2, 0) is 9.63 Å². The number of amides is 2. The maximum Gasteiger partial charge on any atom is 0.262 e. The van der Waals surface area contributed by atoms with Gasteiger partial charge in [-0.05, 0) is 30.2 Å². The van der Waals surface area contributed by atoms with Gasteiger partial charge in [-0.25, -0.2) is 5.48 Å². The summed E-state index contributed by atoms with van der Waals surface area (Å²) in [7, 11) is 0. The normalized spacial score (nSPS) is 10.3. The smallest absolute Gasteiger partial charge is 0.262 e. The monoisotopic (exact) mass is 284 g/mol. The Balaban J connectivity index is 2.30. The first-order valence-electron chi connectivity index (χ1n) is 5.93. The van der Waals surface area contributed by atoms with Crippen LogP contribution in [0.2, 0.25) is 5.02 Å². The van der Waals surface area contributed by atoms with Crippen molar-refractivity contribution in [3.8, 4) is 0 Å². The fraction of sp³-hybridized carbons (Fsp3) is 0.385. The molecule has 0 bridgehead atoms. The third-order valence-corrected chi connectivity index (χ3v) is 2.37. The van der Waals surface area contributed by atoms with E-state index in [1.54, 1.807) is 24.3 Å². The van der Waals surface area contributed by atoms with Crippen molar-refractivity contribution in [2.45, 2.75) is 13.8 Å². The molecule has 0 aliphatic rings. The Bertz CT molecular complexity index is 432. The largest absolute Gasteiger partial charge is 0.343 e. The van der Waals surface area contributed by atoms with Crippen LogP contribution < -0.4 is 10.8 Å². The van der Waals surface area contributed by atoms with Crippen LogP contribution in [0.25, 0.3) is 0 Å². The number of halogens is 1. The molecule has 0 heterocycles. The fourth-order valence-corrected chi connectivity index (χ4v) is 1.31. The summed E-state index contributed by atoms with van der Waals surface area (Å²) in [5.74, 6) is -0.414. The minimum Gasteiger partial charge on any atom is -0.343 e. The molecule has 0 aromatic heterocycles. The van der Waals surface area contributed by atoms with Crippen molar-refractivity contribution in [3.05, 3.63) is 34.9 Å². The fourth-order valence-electron chi connectivity index (χ4n) is 1.19. The number of hydroxylamine groups is 1. The van der Waals surface area contributed by atoms with E-state index >= 15 is 0 Å². The summed E-state index contributed by atoms with van der Waals surface area (Å²) in [5, 5.41) is 3.03. The van der Waals surface area contributed by atoms with Crippen molar-refractivity contribution < 1.29 is 14.4 Å². The van der Waals surface area contributed by atoms with Gasteiger partial charge in [-0.1, -0.05) is 25.4 Å². The average molecular weight is 285 g/mol. The summed E-state index contributed by atoms with van der Waals surface area (Å²) in [6.07, 6.45) is 0. The molecule has 0 spiro atoms. The predicted octanol–water partition coefficient (Wildman–Crippen LogP) is 1.77. The van der Waals surface area contributed by atoms with Crippen LogP contribution in [-0.4, -0.2) is 25.0 Å². The first-order valence-corrected chi connectivity index (χ1v) is 6.31. The van der Waals surface area contributed by atoms with E-state index in [4.69, 9.17) is 16.4 Å². The molecule has 6 heteroatoms. The molecule has 1 aromatic rings. The molecule has 2 N–H and O–H groups in total. The van der Waals surface area contributed by atoms with Crippen molar-refractivity contribution in [2.24, 2.45) is 5.92 Å². The lowest BCUT2D eigenvalue weighted by molar-refractivity contribution is -0.133. The van der Waals surface area contributed by atoms with Gasteiger partial charge in [0.2, 0.25) is 0 Å². The highest BCUT2D eigenvalue weighted by atomic mass is 35.5. The van der Waals surface area contributed by atoms with Gasteiger partial charge in [-0.3, -0.25) is 14.4 Å². The molecule has 0 unspecified atom stereocenters. The van der Waals surface area contributed by atoms with Crippen LogP contribution in [0.5, 0.6) is 0 Å². The first-order chi connectivity index (χ1) is 8.99. The van der Waals surface area contributed by atoms with Crippen molar-refractivity contribution in [1.29, 1.82) is 0 Å². The number of nitrogens with one attached hydrogen (secondary N) is 2. The molecule has 5 nitrogen and oxygen atoms in total. The van der Waals surface area contributed by atoms with Crippen molar-refractivity contribution >= 4 is 23.4 Å². The molecule has 1 rings (SSSR count). The van der Waals surface area contributed by atoms with Gasteiger partial charge < -0.3 is 5.32 Å². The van der Waals surface area contributed by atoms with E-state index in [0.717, 1.165) is 0 Å². The van der Waals surface area contributed by atoms with Gasteiger partial charge in [0.25, 0.3) is 11.8 Å². The summed E-state index contributed by atoms with van der Waals surface area (Å²) in [6, 6.07) is 6.40. The lowest BCUT2D eigenvalue weighted by Gasteiger charge is -2.08. The third-order valence-electron chi connectivity index (χ3n) is 2.12. The van der Waals surface area contributed by atoms with E-state index < -0.39 is 5.91 Å². The topological polar surface area (TPSA) is 67.4 Å². The van der Waals surface area contributed by atoms with Crippen LogP contribution in [0.1, 0.15) is 24.2 Å². The highest BCUT2D eigenvalue weighted by Crippen LogP contribution is 2.09. The lowest BCUT2D eigenvalue weighted by Crippen LogP contribution is -2.37. The minimum atomic E-state index is -0.400. The molecule has 0 atom stereocenters. The number of carbonyl (C=O) groups is 2. The summed E-state index contributed by atoms with van der Waals surface area (Å²) < 4.78 is 0. The van der Waals surface area contributed by atoms with E-state index in [1.165, 1.54) is 0 Å². The zero-order valence-corrected chi connectivity index (χ0v) is 11.7. The molecular weight excluding hydrogens is 268 g/mol. The molecule has 0 saturated carbocycles. The Hall–Kier alpha value is -1.59. The molecule has 0 radical (unpaired) electrons. The predicted molar refractivity (Wildman–Crippen MR) is 72.7 cm³/mol. The lowest BCUT2D eigenvalue weighted by atomic mass is 10.2. The summed E-state index contributed by atoms with van der Waals surface area (Å²) in [4.78, 5) is 28.0. The molecule has 0 saturated heterocycles. The second-order valence-electron chi connectivity index (χ2n) is 4.42. The van der Waals surface area contributed by atoms with Gasteiger partial charge in [0, 0.05) is 10.6 Å². The molecule has 0 aliphatic carbocycles. The SMILES string of the molecule is CC(C)CONC(=O)CNC(=O)c1ccc(Cl)cc1. The molecule has 0 fully saturated rings. The number of carbonyl (C=O) groups excluding carboxylic acids is 2. The van der Waals surface area contributed by atoms with E-state index in [2.05, 4.69) is 10.8 Å². The number of benzene rings is 1. The Morgan fingerprint density at radius 3 is 2.47 bits per heavy atom. The van der Waals surface area contributed by atoms with Gasteiger partial charge in [-0.2, -0.15) is 0 Å². The summed E-state index contributed by atoms with van der Waals surface area (Å²) in [6.45, 7) is 4.22. The quantitative estimate of drug-likeness (QED) is 0.783. The van der Waals surface area contributed by atoms with Crippen LogP contribution in [0.15, 0.2) is 24.3 Å². The van der Waals surface area contributed by atoms with Gasteiger partial charge in [0.05, 0.1) is 13.2 Å². The minimum absolute atomic E-state index is 0.139. The Morgan fingerprint density at radius 2 is 1.89 bits per heavy atom. The number of rotatable bonds is 6. The van der Waals surface area contributed by atoms with Crippen LogP contribution in [0, 0.1) is 5.92 Å². The number of hydrogen-bond donors (Lipinski definition) is 2. The standard InChI is InChI=1S/C13H17ClN2O3/c1-9(2)8-19-16-12(17)7-15-13(18)10-3-5-11(14)6-4-10/h3-6,9H,7-8H2,1-2H3,(H,15,18)(H,16,17). The van der Waals surface area contributed by atoms with E-state index in [0.29, 0.717) is 23.1 Å². The second-order valence-corrected chi connectivity index (χ2v) is 4.86.